The van der Waals surface area contributed by atoms with Crippen molar-refractivity contribution in [1.29, 1.82) is 0 Å². The van der Waals surface area contributed by atoms with Crippen LogP contribution in [0.25, 0.3) is 22.4 Å². The maximum absolute atomic E-state index is 14.1. The highest BCUT2D eigenvalue weighted by Crippen LogP contribution is 2.22. The number of aromatic nitrogens is 5. The maximum atomic E-state index is 14.1. The number of hydrogen-bond donors (Lipinski definition) is 0. The lowest BCUT2D eigenvalue weighted by Gasteiger charge is -2.15. The van der Waals surface area contributed by atoms with Gasteiger partial charge < -0.3 is 14.0 Å². The summed E-state index contributed by atoms with van der Waals surface area (Å²) in [4.78, 5) is 26.8. The molecular weight excluding hydrogens is 521 g/mol. The van der Waals surface area contributed by atoms with Crippen molar-refractivity contribution >= 4 is 22.6 Å². The molecule has 0 N–H and O–H groups in total. The minimum atomic E-state index is -0.451. The molecule has 0 aliphatic carbocycles. The summed E-state index contributed by atoms with van der Waals surface area (Å²) >= 11 is 5.82. The van der Waals surface area contributed by atoms with Crippen molar-refractivity contribution in [1.82, 2.24) is 24.1 Å². The number of pyridine rings is 1. The maximum Gasteiger partial charge on any atom is 0.254 e. The molecule has 5 aromatic rings. The summed E-state index contributed by atoms with van der Waals surface area (Å²) in [6.07, 6.45) is 3.70. The molecule has 0 radical (unpaired) electrons. The Morgan fingerprint density at radius 2 is 1.95 bits per heavy atom. The van der Waals surface area contributed by atoms with E-state index in [-0.39, 0.29) is 30.7 Å². The fourth-order valence-corrected chi connectivity index (χ4v) is 4.87. The molecule has 0 saturated carbocycles. The third-order valence-electron chi connectivity index (χ3n) is 6.71. The Bertz CT molecular complexity index is 1700. The average Bonchev–Trinajstić information content (AvgIpc) is 3.58. The quantitative estimate of drug-likeness (QED) is 0.265. The number of imidazole rings is 1. The summed E-state index contributed by atoms with van der Waals surface area (Å²) in [6.45, 7) is 1.72. The third kappa shape index (κ3) is 5.55. The van der Waals surface area contributed by atoms with Gasteiger partial charge in [-0.05, 0) is 43.2 Å². The molecule has 198 valence electrons. The molecule has 6 rings (SSSR count). The van der Waals surface area contributed by atoms with E-state index in [1.165, 1.54) is 23.0 Å². The van der Waals surface area contributed by atoms with Gasteiger partial charge >= 0.3 is 0 Å². The average molecular weight is 546 g/mol. The second-order valence-corrected chi connectivity index (χ2v) is 9.82. The van der Waals surface area contributed by atoms with Crippen LogP contribution in [0, 0.1) is 5.82 Å². The summed E-state index contributed by atoms with van der Waals surface area (Å²) < 4.78 is 29.3. The number of nitrogens with zero attached hydrogens (tertiary/aromatic N) is 5. The number of hydrogen-bond acceptors (Lipinski definition) is 6. The van der Waals surface area contributed by atoms with Crippen LogP contribution in [-0.4, -0.2) is 36.8 Å². The van der Waals surface area contributed by atoms with E-state index >= 15 is 0 Å². The van der Waals surface area contributed by atoms with Crippen LogP contribution in [-0.2, 0) is 24.4 Å². The number of ether oxygens (including phenoxy) is 2. The molecule has 1 unspecified atom stereocenters. The van der Waals surface area contributed by atoms with Crippen LogP contribution in [0.4, 0.5) is 4.39 Å². The Morgan fingerprint density at radius 1 is 1.05 bits per heavy atom. The van der Waals surface area contributed by atoms with Crippen molar-refractivity contribution < 1.29 is 13.9 Å². The van der Waals surface area contributed by atoms with E-state index in [0.29, 0.717) is 28.5 Å². The molecule has 1 aliphatic rings. The molecule has 2 aromatic carbocycles. The standard InChI is InChI=1S/C29H25ClFN5O3/c30-20-11-10-19(22(31)13-20)17-39-28-9-3-7-23(34-28)25-14-29(37)35(18-32-25)16-27-33-24-6-1-2-8-26(24)36(27)15-21-5-4-12-38-21/h1-3,6-11,13-14,18,21H,4-5,12,15-17H2. The first-order valence-electron chi connectivity index (χ1n) is 12.7. The number of fused-ring (bicyclic) bond motifs is 1. The normalized spacial score (nSPS) is 15.2. The van der Waals surface area contributed by atoms with Crippen LogP contribution in [0.15, 0.2) is 77.9 Å². The second-order valence-electron chi connectivity index (χ2n) is 9.39. The lowest BCUT2D eigenvalue weighted by molar-refractivity contribution is 0.0971. The summed E-state index contributed by atoms with van der Waals surface area (Å²) in [7, 11) is 0. The van der Waals surface area contributed by atoms with Crippen LogP contribution < -0.4 is 10.3 Å². The Balaban J connectivity index is 1.22. The Kier molecular flexibility index (Phi) is 7.08. The number of halogens is 2. The first kappa shape index (κ1) is 25.2. The fourth-order valence-electron chi connectivity index (χ4n) is 4.71. The van der Waals surface area contributed by atoms with E-state index in [1.807, 2.05) is 24.3 Å². The minimum Gasteiger partial charge on any atom is -0.473 e. The first-order chi connectivity index (χ1) is 19.0. The number of rotatable bonds is 8. The van der Waals surface area contributed by atoms with Crippen LogP contribution in [0.1, 0.15) is 24.2 Å². The first-order valence-corrected chi connectivity index (χ1v) is 13.1. The van der Waals surface area contributed by atoms with Crippen LogP contribution >= 0.6 is 11.6 Å². The molecule has 1 aliphatic heterocycles. The number of benzene rings is 2. The molecule has 8 nitrogen and oxygen atoms in total. The van der Waals surface area contributed by atoms with Gasteiger partial charge in [-0.3, -0.25) is 9.36 Å². The minimum absolute atomic E-state index is 0.0125. The highest BCUT2D eigenvalue weighted by atomic mass is 35.5. The summed E-state index contributed by atoms with van der Waals surface area (Å²) in [5, 5.41) is 0.317. The Morgan fingerprint density at radius 3 is 2.77 bits per heavy atom. The van der Waals surface area contributed by atoms with Crippen LogP contribution in [0.3, 0.4) is 0 Å². The van der Waals surface area contributed by atoms with Gasteiger partial charge in [0.05, 0.1) is 47.9 Å². The number of para-hydroxylation sites is 2. The van der Waals surface area contributed by atoms with Gasteiger partial charge in [-0.1, -0.05) is 35.9 Å². The predicted molar refractivity (Wildman–Crippen MR) is 145 cm³/mol. The van der Waals surface area contributed by atoms with Crippen molar-refractivity contribution in [2.75, 3.05) is 6.61 Å². The van der Waals surface area contributed by atoms with E-state index in [2.05, 4.69) is 14.5 Å². The molecule has 4 heterocycles. The smallest absolute Gasteiger partial charge is 0.254 e. The van der Waals surface area contributed by atoms with Gasteiger partial charge in [0.2, 0.25) is 5.88 Å². The largest absolute Gasteiger partial charge is 0.473 e. The second kappa shape index (κ2) is 11.0. The zero-order valence-corrected chi connectivity index (χ0v) is 21.7. The van der Waals surface area contributed by atoms with Gasteiger partial charge in [-0.2, -0.15) is 0 Å². The fraction of sp³-hybridized carbons (Fsp3) is 0.241. The van der Waals surface area contributed by atoms with Gasteiger partial charge in [0.1, 0.15) is 18.2 Å². The molecule has 1 saturated heterocycles. The van der Waals surface area contributed by atoms with Gasteiger partial charge in [-0.15, -0.1) is 0 Å². The summed E-state index contributed by atoms with van der Waals surface area (Å²) in [5.41, 5.74) is 2.90. The highest BCUT2D eigenvalue weighted by molar-refractivity contribution is 6.30. The zero-order valence-electron chi connectivity index (χ0n) is 21.0. The highest BCUT2D eigenvalue weighted by Gasteiger charge is 2.20. The van der Waals surface area contributed by atoms with Gasteiger partial charge in [0.15, 0.2) is 0 Å². The lowest BCUT2D eigenvalue weighted by Crippen LogP contribution is -2.24. The topological polar surface area (TPSA) is 84.1 Å². The van der Waals surface area contributed by atoms with Gasteiger partial charge in [0.25, 0.3) is 5.56 Å². The summed E-state index contributed by atoms with van der Waals surface area (Å²) in [5.74, 6) is 0.607. The van der Waals surface area contributed by atoms with E-state index in [9.17, 15) is 9.18 Å². The Hall–Kier alpha value is -4.08. The van der Waals surface area contributed by atoms with Crippen molar-refractivity contribution in [3.8, 4) is 17.3 Å². The van der Waals surface area contributed by atoms with Crippen molar-refractivity contribution in [2.24, 2.45) is 0 Å². The van der Waals surface area contributed by atoms with Crippen molar-refractivity contribution in [3.05, 3.63) is 106 Å². The molecule has 1 fully saturated rings. The lowest BCUT2D eigenvalue weighted by atomic mass is 10.2. The molecule has 0 amide bonds. The zero-order chi connectivity index (χ0) is 26.8. The summed E-state index contributed by atoms with van der Waals surface area (Å²) in [6, 6.07) is 18.9. The van der Waals surface area contributed by atoms with Gasteiger partial charge in [-0.25, -0.2) is 19.3 Å². The third-order valence-corrected chi connectivity index (χ3v) is 6.95. The molecular formula is C29H25ClFN5O3. The van der Waals surface area contributed by atoms with Crippen molar-refractivity contribution in [3.63, 3.8) is 0 Å². The molecule has 3 aromatic heterocycles. The van der Waals surface area contributed by atoms with Crippen LogP contribution in [0.5, 0.6) is 5.88 Å². The molecule has 1 atom stereocenters. The van der Waals surface area contributed by atoms with Gasteiger partial charge in [0, 0.05) is 29.3 Å². The molecule has 39 heavy (non-hydrogen) atoms. The molecule has 10 heteroatoms. The Labute approximate surface area is 228 Å². The van der Waals surface area contributed by atoms with E-state index in [0.717, 1.165) is 36.3 Å². The SMILES string of the molecule is O=c1cc(-c2cccc(OCc3ccc(Cl)cc3F)n2)ncn1Cc1nc2ccccc2n1CC1CCCO1. The molecule has 0 bridgehead atoms. The van der Waals surface area contributed by atoms with E-state index < -0.39 is 5.82 Å². The van der Waals surface area contributed by atoms with Crippen LogP contribution in [0.2, 0.25) is 5.02 Å². The van der Waals surface area contributed by atoms with E-state index in [1.54, 1.807) is 30.3 Å². The molecule has 0 spiro atoms. The monoisotopic (exact) mass is 545 g/mol. The van der Waals surface area contributed by atoms with E-state index in [4.69, 9.17) is 26.1 Å². The predicted octanol–water partition coefficient (Wildman–Crippen LogP) is 5.25. The van der Waals surface area contributed by atoms with Crippen molar-refractivity contribution in [2.45, 2.75) is 38.6 Å².